The van der Waals surface area contributed by atoms with E-state index in [1.807, 2.05) is 60.9 Å². The topological polar surface area (TPSA) is 128 Å². The van der Waals surface area contributed by atoms with Crippen LogP contribution in [0.2, 0.25) is 0 Å². The first-order valence-electron chi connectivity index (χ1n) is 9.74. The molecule has 0 spiro atoms. The lowest BCUT2D eigenvalue weighted by molar-refractivity contribution is -0.114. The summed E-state index contributed by atoms with van der Waals surface area (Å²) in [6, 6.07) is 17.0. The zero-order chi connectivity index (χ0) is 23.2. The molecule has 0 aliphatic carbocycles. The highest BCUT2D eigenvalue weighted by atomic mass is 32.2. The number of benzene rings is 2. The molecule has 33 heavy (non-hydrogen) atoms. The fraction of sp³-hybridized carbons (Fsp3) is 0.143. The minimum Gasteiger partial charge on any atom is -0.324 e. The maximum absolute atomic E-state index is 12.6. The van der Waals surface area contributed by atoms with E-state index in [0.717, 1.165) is 16.3 Å². The van der Waals surface area contributed by atoms with E-state index >= 15 is 0 Å². The van der Waals surface area contributed by atoms with Gasteiger partial charge in [-0.1, -0.05) is 42.1 Å². The number of para-hydroxylation sites is 2. The number of anilines is 2. The Hall–Kier alpha value is -3.64. The third-order valence-electron chi connectivity index (χ3n) is 4.36. The third-order valence-corrected chi connectivity index (χ3v) is 6.08. The molecule has 0 aliphatic rings. The lowest BCUT2D eigenvalue weighted by atomic mass is 10.3. The summed E-state index contributed by atoms with van der Waals surface area (Å²) in [4.78, 5) is 25.1. The summed E-state index contributed by atoms with van der Waals surface area (Å²) in [6.45, 7) is 1.36. The maximum Gasteiger partial charge on any atom is 0.234 e. The molecule has 0 unspecified atom stereocenters. The first-order valence-corrected chi connectivity index (χ1v) is 11.9. The lowest BCUT2D eigenvalue weighted by Crippen LogP contribution is -2.15. The molecular weight excluding hydrogens is 462 g/mol. The van der Waals surface area contributed by atoms with Crippen LogP contribution in [0.15, 0.2) is 69.3 Å². The molecule has 2 amide bonds. The number of rotatable bonds is 8. The second-order valence-corrected chi connectivity index (χ2v) is 8.45. The van der Waals surface area contributed by atoms with E-state index in [0.29, 0.717) is 11.0 Å². The predicted molar refractivity (Wildman–Crippen MR) is 127 cm³/mol. The van der Waals surface area contributed by atoms with E-state index in [1.54, 1.807) is 16.3 Å². The monoisotopic (exact) mass is 481 g/mol. The van der Waals surface area contributed by atoms with E-state index in [4.69, 9.17) is 4.63 Å². The van der Waals surface area contributed by atoms with Gasteiger partial charge in [-0.25, -0.2) is 4.63 Å². The highest BCUT2D eigenvalue weighted by Crippen LogP contribution is 2.30. The molecule has 0 radical (unpaired) electrons. The zero-order valence-electron chi connectivity index (χ0n) is 17.7. The quantitative estimate of drug-likeness (QED) is 0.362. The van der Waals surface area contributed by atoms with E-state index in [1.165, 1.54) is 18.7 Å². The number of carbonyl (C=O) groups excluding carboxylic acids is 2. The van der Waals surface area contributed by atoms with Gasteiger partial charge in [0.25, 0.3) is 0 Å². The maximum atomic E-state index is 12.6. The molecule has 168 valence electrons. The fourth-order valence-electron chi connectivity index (χ4n) is 2.97. The van der Waals surface area contributed by atoms with Crippen LogP contribution in [-0.4, -0.2) is 48.9 Å². The van der Waals surface area contributed by atoms with Crippen LogP contribution < -0.4 is 10.6 Å². The van der Waals surface area contributed by atoms with Gasteiger partial charge in [-0.2, -0.15) is 0 Å². The van der Waals surface area contributed by atoms with Crippen molar-refractivity contribution in [2.75, 3.05) is 22.6 Å². The van der Waals surface area contributed by atoms with Crippen LogP contribution in [0.3, 0.4) is 0 Å². The van der Waals surface area contributed by atoms with Gasteiger partial charge in [0, 0.05) is 17.5 Å². The summed E-state index contributed by atoms with van der Waals surface area (Å²) < 4.78 is 6.55. The Morgan fingerprint density at radius 1 is 1.00 bits per heavy atom. The first-order chi connectivity index (χ1) is 16.1. The summed E-state index contributed by atoms with van der Waals surface area (Å²) >= 11 is 2.78. The molecule has 0 aliphatic heterocycles. The van der Waals surface area contributed by atoms with Crippen molar-refractivity contribution < 1.29 is 14.2 Å². The van der Waals surface area contributed by atoms with Crippen molar-refractivity contribution in [2.45, 2.75) is 17.0 Å². The second kappa shape index (κ2) is 10.3. The number of hydrogen-bond acceptors (Lipinski definition) is 9. The summed E-state index contributed by atoms with van der Waals surface area (Å²) in [5.41, 5.74) is 1.74. The van der Waals surface area contributed by atoms with Crippen molar-refractivity contribution in [2.24, 2.45) is 0 Å². The Kier molecular flexibility index (Phi) is 7.05. The highest BCUT2D eigenvalue weighted by Gasteiger charge is 2.24. The highest BCUT2D eigenvalue weighted by molar-refractivity contribution is 7.99. The minimum absolute atomic E-state index is 0.114. The van der Waals surface area contributed by atoms with Gasteiger partial charge in [-0.15, -0.1) is 22.0 Å². The SMILES string of the molecule is CSc1ccccc1NC(=O)CSc1nnc(-c2nonc2NC(C)=O)n1-c1ccccc1. The van der Waals surface area contributed by atoms with Crippen molar-refractivity contribution >= 4 is 46.8 Å². The van der Waals surface area contributed by atoms with Gasteiger partial charge in [0.1, 0.15) is 0 Å². The molecule has 2 aromatic carbocycles. The molecule has 10 nitrogen and oxygen atoms in total. The van der Waals surface area contributed by atoms with Gasteiger partial charge in [-0.3, -0.25) is 14.2 Å². The Labute approximate surface area is 197 Å². The van der Waals surface area contributed by atoms with Crippen LogP contribution in [0.25, 0.3) is 17.2 Å². The smallest absolute Gasteiger partial charge is 0.234 e. The Morgan fingerprint density at radius 3 is 2.52 bits per heavy atom. The molecule has 12 heteroatoms. The number of hydrogen-bond donors (Lipinski definition) is 2. The van der Waals surface area contributed by atoms with Crippen LogP contribution in [0, 0.1) is 0 Å². The van der Waals surface area contributed by atoms with Crippen molar-refractivity contribution in [1.29, 1.82) is 0 Å². The molecule has 2 heterocycles. The van der Waals surface area contributed by atoms with Crippen LogP contribution in [0.4, 0.5) is 11.5 Å². The summed E-state index contributed by atoms with van der Waals surface area (Å²) in [7, 11) is 0. The molecule has 0 fully saturated rings. The van der Waals surface area contributed by atoms with Gasteiger partial charge in [0.15, 0.2) is 16.7 Å². The number of carbonyl (C=O) groups is 2. The van der Waals surface area contributed by atoms with E-state index in [9.17, 15) is 9.59 Å². The standard InChI is InChI=1S/C21H19N7O3S2/c1-13(29)22-19-18(26-31-27-19)20-24-25-21(28(20)14-8-4-3-5-9-14)33-12-17(30)23-15-10-6-7-11-16(15)32-2/h3-11H,12H2,1-2H3,(H,23,30)(H,22,27,29). The van der Waals surface area contributed by atoms with Crippen LogP contribution in [0.1, 0.15) is 6.92 Å². The Morgan fingerprint density at radius 2 is 1.76 bits per heavy atom. The lowest BCUT2D eigenvalue weighted by Gasteiger charge is -2.10. The fourth-order valence-corrected chi connectivity index (χ4v) is 4.28. The number of nitrogens with zero attached hydrogens (tertiary/aromatic N) is 5. The molecule has 0 atom stereocenters. The molecule has 0 saturated heterocycles. The molecule has 0 saturated carbocycles. The van der Waals surface area contributed by atoms with Crippen LogP contribution in [-0.2, 0) is 9.59 Å². The largest absolute Gasteiger partial charge is 0.324 e. The van der Waals surface area contributed by atoms with E-state index in [-0.39, 0.29) is 29.1 Å². The predicted octanol–water partition coefficient (Wildman–Crippen LogP) is 3.73. The van der Waals surface area contributed by atoms with Gasteiger partial charge in [-0.05, 0) is 40.8 Å². The van der Waals surface area contributed by atoms with Gasteiger partial charge >= 0.3 is 0 Å². The van der Waals surface area contributed by atoms with Crippen molar-refractivity contribution in [3.05, 3.63) is 54.6 Å². The van der Waals surface area contributed by atoms with Gasteiger partial charge in [0.2, 0.25) is 17.6 Å². The van der Waals surface area contributed by atoms with Crippen LogP contribution >= 0.6 is 23.5 Å². The summed E-state index contributed by atoms with van der Waals surface area (Å²) in [5.74, 6) is 0.0719. The normalized spacial score (nSPS) is 10.7. The van der Waals surface area contributed by atoms with Gasteiger partial charge < -0.3 is 10.6 Å². The number of nitrogens with one attached hydrogen (secondary N) is 2. The Bertz CT molecular complexity index is 1270. The summed E-state index contributed by atoms with van der Waals surface area (Å²) in [6.07, 6.45) is 1.96. The van der Waals surface area contributed by atoms with Crippen LogP contribution in [0.5, 0.6) is 0 Å². The van der Waals surface area contributed by atoms with Crippen molar-refractivity contribution in [3.63, 3.8) is 0 Å². The van der Waals surface area contributed by atoms with Crippen molar-refractivity contribution in [3.8, 4) is 17.2 Å². The van der Waals surface area contributed by atoms with Crippen molar-refractivity contribution in [1.82, 2.24) is 25.1 Å². The average molecular weight is 482 g/mol. The Balaban J connectivity index is 1.61. The molecule has 2 aromatic heterocycles. The van der Waals surface area contributed by atoms with Gasteiger partial charge in [0.05, 0.1) is 11.4 Å². The number of aromatic nitrogens is 5. The van der Waals surface area contributed by atoms with E-state index in [2.05, 4.69) is 31.1 Å². The number of amides is 2. The molecule has 4 aromatic rings. The number of thioether (sulfide) groups is 2. The average Bonchev–Trinajstić information content (AvgIpc) is 3.44. The summed E-state index contributed by atoms with van der Waals surface area (Å²) in [5, 5.41) is 22.1. The molecule has 4 rings (SSSR count). The molecular formula is C21H19N7O3S2. The first kappa shape index (κ1) is 22.6. The molecule has 2 N–H and O–H groups in total. The van der Waals surface area contributed by atoms with E-state index < -0.39 is 0 Å². The second-order valence-electron chi connectivity index (χ2n) is 6.66. The molecule has 0 bridgehead atoms. The zero-order valence-corrected chi connectivity index (χ0v) is 19.3. The minimum atomic E-state index is -0.325. The third kappa shape index (κ3) is 5.23.